The van der Waals surface area contributed by atoms with Crippen LogP contribution in [0.4, 0.5) is 0 Å². The third kappa shape index (κ3) is 8.33. The quantitative estimate of drug-likeness (QED) is 0.270. The zero-order valence-electron chi connectivity index (χ0n) is 17.1. The monoisotopic (exact) mass is 332 g/mol. The van der Waals surface area contributed by atoms with Crippen molar-refractivity contribution >= 4 is 0 Å². The standard InChI is InChI=1S/C23H42N/c1-6-7-8-9-10-11-12-13-15-18-21(2)23(24(3,4)5)22-19-16-14-17-20-22/h14,16-17,19-21,23H,6-13,15,18H2,1-5H3/q+1. The number of hydrogen-bond donors (Lipinski definition) is 0. The molecule has 0 aromatic heterocycles. The molecule has 24 heavy (non-hydrogen) atoms. The van der Waals surface area contributed by atoms with Gasteiger partial charge < -0.3 is 4.48 Å². The maximum absolute atomic E-state index is 2.45. The molecule has 0 spiro atoms. The van der Waals surface area contributed by atoms with Crippen molar-refractivity contribution in [1.29, 1.82) is 0 Å². The van der Waals surface area contributed by atoms with E-state index in [0.717, 1.165) is 10.4 Å². The predicted octanol–water partition coefficient (Wildman–Crippen LogP) is 6.99. The van der Waals surface area contributed by atoms with E-state index in [4.69, 9.17) is 0 Å². The van der Waals surface area contributed by atoms with Crippen molar-refractivity contribution in [1.82, 2.24) is 0 Å². The molecule has 0 fully saturated rings. The van der Waals surface area contributed by atoms with Gasteiger partial charge in [0.05, 0.1) is 21.1 Å². The fourth-order valence-electron chi connectivity index (χ4n) is 4.12. The van der Waals surface area contributed by atoms with Crippen LogP contribution in [0.15, 0.2) is 30.3 Å². The molecule has 2 atom stereocenters. The lowest BCUT2D eigenvalue weighted by Crippen LogP contribution is -2.42. The van der Waals surface area contributed by atoms with Crippen LogP contribution in [-0.2, 0) is 0 Å². The minimum absolute atomic E-state index is 0.597. The summed E-state index contributed by atoms with van der Waals surface area (Å²) < 4.78 is 1.02. The first-order valence-corrected chi connectivity index (χ1v) is 10.3. The van der Waals surface area contributed by atoms with E-state index in [0.29, 0.717) is 6.04 Å². The van der Waals surface area contributed by atoms with Crippen LogP contribution in [0.25, 0.3) is 0 Å². The highest BCUT2D eigenvalue weighted by atomic mass is 15.3. The molecule has 0 N–H and O–H groups in total. The Kier molecular flexibility index (Phi) is 10.3. The third-order valence-electron chi connectivity index (χ3n) is 5.28. The second kappa shape index (κ2) is 11.7. The smallest absolute Gasteiger partial charge is 0.117 e. The summed E-state index contributed by atoms with van der Waals surface area (Å²) in [5.74, 6) is 0.733. The zero-order valence-corrected chi connectivity index (χ0v) is 17.1. The molecule has 0 amide bonds. The predicted molar refractivity (Wildman–Crippen MR) is 108 cm³/mol. The first-order valence-electron chi connectivity index (χ1n) is 10.3. The number of rotatable bonds is 13. The Morgan fingerprint density at radius 2 is 1.25 bits per heavy atom. The van der Waals surface area contributed by atoms with Crippen LogP contribution in [0.3, 0.4) is 0 Å². The Labute approximate surface area is 152 Å². The van der Waals surface area contributed by atoms with Gasteiger partial charge in [0.2, 0.25) is 0 Å². The summed E-state index contributed by atoms with van der Waals surface area (Å²) in [6.07, 6.45) is 14.1. The van der Waals surface area contributed by atoms with Gasteiger partial charge in [-0.3, -0.25) is 0 Å². The molecule has 1 heteroatoms. The lowest BCUT2D eigenvalue weighted by molar-refractivity contribution is -0.906. The van der Waals surface area contributed by atoms with Crippen LogP contribution in [-0.4, -0.2) is 25.6 Å². The molecule has 0 aliphatic rings. The molecule has 0 aliphatic heterocycles. The maximum atomic E-state index is 2.45. The molecule has 0 saturated carbocycles. The number of benzene rings is 1. The molecule has 0 heterocycles. The van der Waals surface area contributed by atoms with E-state index in [1.807, 2.05) is 0 Å². The fraction of sp³-hybridized carbons (Fsp3) is 0.739. The Bertz CT molecular complexity index is 404. The van der Waals surface area contributed by atoms with Gasteiger partial charge in [0.15, 0.2) is 0 Å². The van der Waals surface area contributed by atoms with Gasteiger partial charge in [0, 0.05) is 11.5 Å². The summed E-state index contributed by atoms with van der Waals surface area (Å²) in [4.78, 5) is 0. The van der Waals surface area contributed by atoms with Gasteiger partial charge >= 0.3 is 0 Å². The molecule has 1 rings (SSSR count). The van der Waals surface area contributed by atoms with Crippen LogP contribution in [0.5, 0.6) is 0 Å². The maximum Gasteiger partial charge on any atom is 0.117 e. The second-order valence-corrected chi connectivity index (χ2v) is 8.57. The molecule has 138 valence electrons. The number of unbranched alkanes of at least 4 members (excludes halogenated alkanes) is 8. The average Bonchev–Trinajstić information content (AvgIpc) is 2.53. The summed E-state index contributed by atoms with van der Waals surface area (Å²) >= 11 is 0. The highest BCUT2D eigenvalue weighted by molar-refractivity contribution is 5.18. The van der Waals surface area contributed by atoms with Gasteiger partial charge in [0.25, 0.3) is 0 Å². The fourth-order valence-corrected chi connectivity index (χ4v) is 4.12. The van der Waals surface area contributed by atoms with Crippen molar-refractivity contribution in [2.45, 2.75) is 84.1 Å². The van der Waals surface area contributed by atoms with Gasteiger partial charge in [-0.1, -0.05) is 102 Å². The normalized spacial score (nSPS) is 14.5. The summed E-state index contributed by atoms with van der Waals surface area (Å²) in [6, 6.07) is 11.7. The minimum atomic E-state index is 0.597. The SMILES string of the molecule is CCCCCCCCCCCC(C)C(c1ccccc1)[N+](C)(C)C. The average molecular weight is 333 g/mol. The molecular formula is C23H42N+. The third-order valence-corrected chi connectivity index (χ3v) is 5.28. The summed E-state index contributed by atoms with van der Waals surface area (Å²) in [5.41, 5.74) is 1.49. The van der Waals surface area contributed by atoms with E-state index in [2.05, 4.69) is 65.3 Å². The van der Waals surface area contributed by atoms with Crippen molar-refractivity contribution < 1.29 is 4.48 Å². The highest BCUT2D eigenvalue weighted by Crippen LogP contribution is 2.34. The molecular weight excluding hydrogens is 290 g/mol. The number of nitrogens with zero attached hydrogens (tertiary/aromatic N) is 1. The Morgan fingerprint density at radius 3 is 1.75 bits per heavy atom. The van der Waals surface area contributed by atoms with Crippen LogP contribution < -0.4 is 0 Å². The van der Waals surface area contributed by atoms with Crippen LogP contribution in [0, 0.1) is 5.92 Å². The van der Waals surface area contributed by atoms with Crippen LogP contribution >= 0.6 is 0 Å². The van der Waals surface area contributed by atoms with Crippen molar-refractivity contribution in [3.63, 3.8) is 0 Å². The Hall–Kier alpha value is -0.820. The van der Waals surface area contributed by atoms with E-state index in [1.165, 1.54) is 69.8 Å². The van der Waals surface area contributed by atoms with Gasteiger partial charge in [-0.2, -0.15) is 0 Å². The first-order chi connectivity index (χ1) is 11.5. The van der Waals surface area contributed by atoms with E-state index in [1.54, 1.807) is 0 Å². The topological polar surface area (TPSA) is 0 Å². The van der Waals surface area contributed by atoms with Crippen LogP contribution in [0.1, 0.15) is 89.7 Å². The Balaban J connectivity index is 2.30. The summed E-state index contributed by atoms with van der Waals surface area (Å²) in [7, 11) is 7.01. The zero-order chi connectivity index (χ0) is 17.8. The first kappa shape index (κ1) is 21.2. The van der Waals surface area contributed by atoms with Crippen molar-refractivity contribution in [2.24, 2.45) is 5.92 Å². The van der Waals surface area contributed by atoms with E-state index in [9.17, 15) is 0 Å². The van der Waals surface area contributed by atoms with Gasteiger partial charge in [-0.05, 0) is 6.42 Å². The molecule has 1 nitrogen and oxygen atoms in total. The molecule has 0 aliphatic carbocycles. The van der Waals surface area contributed by atoms with Crippen molar-refractivity contribution in [3.8, 4) is 0 Å². The van der Waals surface area contributed by atoms with Gasteiger partial charge in [-0.25, -0.2) is 0 Å². The van der Waals surface area contributed by atoms with Crippen molar-refractivity contribution in [3.05, 3.63) is 35.9 Å². The number of hydrogen-bond acceptors (Lipinski definition) is 0. The lowest BCUT2D eigenvalue weighted by atomic mass is 9.88. The van der Waals surface area contributed by atoms with Crippen LogP contribution in [0.2, 0.25) is 0 Å². The van der Waals surface area contributed by atoms with Gasteiger partial charge in [-0.15, -0.1) is 0 Å². The molecule has 0 saturated heterocycles. The largest absolute Gasteiger partial charge is 0.325 e. The molecule has 0 bridgehead atoms. The summed E-state index contributed by atoms with van der Waals surface area (Å²) in [5, 5.41) is 0. The molecule has 2 unspecified atom stereocenters. The molecule has 1 aromatic rings. The highest BCUT2D eigenvalue weighted by Gasteiger charge is 2.30. The van der Waals surface area contributed by atoms with Gasteiger partial charge in [0.1, 0.15) is 6.04 Å². The number of quaternary nitrogens is 1. The summed E-state index contributed by atoms with van der Waals surface area (Å²) in [6.45, 7) is 4.74. The Morgan fingerprint density at radius 1 is 0.750 bits per heavy atom. The van der Waals surface area contributed by atoms with E-state index < -0.39 is 0 Å². The minimum Gasteiger partial charge on any atom is -0.325 e. The van der Waals surface area contributed by atoms with Crippen molar-refractivity contribution in [2.75, 3.05) is 21.1 Å². The van der Waals surface area contributed by atoms with E-state index >= 15 is 0 Å². The molecule has 0 radical (unpaired) electrons. The van der Waals surface area contributed by atoms with E-state index in [-0.39, 0.29) is 0 Å². The second-order valence-electron chi connectivity index (χ2n) is 8.57. The molecule has 1 aromatic carbocycles. The lowest BCUT2D eigenvalue weighted by Gasteiger charge is -2.38.